The summed E-state index contributed by atoms with van der Waals surface area (Å²) in [5.41, 5.74) is 0. The highest BCUT2D eigenvalue weighted by Gasteiger charge is 2.47. The van der Waals surface area contributed by atoms with Gasteiger partial charge in [-0.05, 0) is 89.9 Å². The third-order valence-electron chi connectivity index (χ3n) is 15.0. The number of hydrogen-bond acceptors (Lipinski definition) is 10. The highest BCUT2D eigenvalue weighted by Crippen LogP contribution is 2.26. The Hall–Kier alpha value is -3.42. The number of ether oxygens (including phenoxy) is 3. The van der Waals surface area contributed by atoms with E-state index >= 15 is 0 Å². The van der Waals surface area contributed by atoms with Crippen LogP contribution in [0.2, 0.25) is 0 Å². The first-order valence-electron chi connectivity index (χ1n) is 33.0. The first-order chi connectivity index (χ1) is 39.7. The molecule has 0 bridgehead atoms. The Labute approximate surface area is 495 Å². The lowest BCUT2D eigenvalue weighted by Crippen LogP contribution is -2.61. The Balaban J connectivity index is 2.62. The smallest absolute Gasteiger partial charge is 0.306 e. The van der Waals surface area contributed by atoms with Gasteiger partial charge in [-0.1, -0.05) is 272 Å². The number of aliphatic hydroxyl groups excluding tert-OH is 5. The van der Waals surface area contributed by atoms with Gasteiger partial charge >= 0.3 is 5.97 Å². The van der Waals surface area contributed by atoms with Crippen molar-refractivity contribution in [1.29, 1.82) is 0 Å². The molecule has 1 rings (SSSR count). The molecule has 8 unspecified atom stereocenters. The van der Waals surface area contributed by atoms with Gasteiger partial charge in [0.2, 0.25) is 5.91 Å². The maximum absolute atomic E-state index is 13.4. The second kappa shape index (κ2) is 57.0. The van der Waals surface area contributed by atoms with E-state index in [-0.39, 0.29) is 19.4 Å². The summed E-state index contributed by atoms with van der Waals surface area (Å²) in [7, 11) is 0. The van der Waals surface area contributed by atoms with E-state index in [1.165, 1.54) is 109 Å². The van der Waals surface area contributed by atoms with Gasteiger partial charge in [-0.2, -0.15) is 0 Å². The molecule has 0 aromatic carbocycles. The number of esters is 1. The van der Waals surface area contributed by atoms with E-state index in [4.69, 9.17) is 14.2 Å². The van der Waals surface area contributed by atoms with Crippen molar-refractivity contribution >= 4 is 11.9 Å². The molecule has 1 saturated heterocycles. The molecule has 6 N–H and O–H groups in total. The Morgan fingerprint density at radius 1 is 0.506 bits per heavy atom. The largest absolute Gasteiger partial charge is 0.454 e. The van der Waals surface area contributed by atoms with E-state index in [1.807, 2.05) is 18.2 Å². The quantitative estimate of drug-likeness (QED) is 0.0149. The Morgan fingerprint density at radius 3 is 1.46 bits per heavy atom. The summed E-state index contributed by atoms with van der Waals surface area (Å²) in [4.78, 5) is 26.6. The van der Waals surface area contributed by atoms with E-state index in [2.05, 4.69) is 99.0 Å². The van der Waals surface area contributed by atoms with E-state index in [9.17, 15) is 35.1 Å². The Morgan fingerprint density at radius 2 is 0.938 bits per heavy atom. The van der Waals surface area contributed by atoms with Crippen LogP contribution in [0.1, 0.15) is 271 Å². The van der Waals surface area contributed by atoms with Crippen LogP contribution in [0.5, 0.6) is 0 Å². The minimum atomic E-state index is -1.62. The van der Waals surface area contributed by atoms with Crippen molar-refractivity contribution in [1.82, 2.24) is 5.32 Å². The summed E-state index contributed by atoms with van der Waals surface area (Å²) >= 11 is 0. The normalized spacial score (nSPS) is 19.3. The first-order valence-corrected chi connectivity index (χ1v) is 33.0. The second-order valence-electron chi connectivity index (χ2n) is 22.5. The van der Waals surface area contributed by atoms with Gasteiger partial charge in [0, 0.05) is 6.42 Å². The summed E-state index contributed by atoms with van der Waals surface area (Å²) < 4.78 is 17.6. The molecule has 1 aliphatic rings. The zero-order chi connectivity index (χ0) is 58.9. The molecule has 0 aliphatic carbocycles. The second-order valence-corrected chi connectivity index (χ2v) is 22.5. The lowest BCUT2D eigenvalue weighted by molar-refractivity contribution is -0.305. The molecule has 1 amide bonds. The topological polar surface area (TPSA) is 175 Å². The molecule has 1 heterocycles. The third kappa shape index (κ3) is 44.7. The third-order valence-corrected chi connectivity index (χ3v) is 15.0. The Kier molecular flexibility index (Phi) is 53.2. The molecule has 1 fully saturated rings. The van der Waals surface area contributed by atoms with Crippen molar-refractivity contribution in [2.24, 2.45) is 0 Å². The fraction of sp³-hybridized carbons (Fsp3) is 0.743. The van der Waals surface area contributed by atoms with Crippen LogP contribution in [0.4, 0.5) is 0 Å². The van der Waals surface area contributed by atoms with Crippen LogP contribution in [0, 0.1) is 0 Å². The molecule has 0 saturated carbocycles. The summed E-state index contributed by atoms with van der Waals surface area (Å²) in [5, 5.41) is 57.1. The fourth-order valence-corrected chi connectivity index (χ4v) is 9.81. The van der Waals surface area contributed by atoms with Crippen molar-refractivity contribution in [2.75, 3.05) is 13.2 Å². The lowest BCUT2D eigenvalue weighted by Gasteiger charge is -2.41. The first kappa shape index (κ1) is 75.6. The number of aliphatic hydroxyl groups is 5. The van der Waals surface area contributed by atoms with Crippen LogP contribution in [0.25, 0.3) is 0 Å². The molecule has 466 valence electrons. The maximum atomic E-state index is 13.4. The average Bonchev–Trinajstić information content (AvgIpc) is 3.46. The van der Waals surface area contributed by atoms with Gasteiger partial charge in [0.1, 0.15) is 24.4 Å². The molecule has 0 aromatic rings. The summed E-state index contributed by atoms with van der Waals surface area (Å²) in [5.74, 6) is -1.22. The van der Waals surface area contributed by atoms with Crippen LogP contribution in [-0.4, -0.2) is 99.6 Å². The highest BCUT2D eigenvalue weighted by atomic mass is 16.7. The molecule has 0 radical (unpaired) electrons. The van der Waals surface area contributed by atoms with Gasteiger partial charge in [0.25, 0.3) is 0 Å². The van der Waals surface area contributed by atoms with E-state index in [0.717, 1.165) is 116 Å². The van der Waals surface area contributed by atoms with Gasteiger partial charge in [-0.15, -0.1) is 0 Å². The zero-order valence-corrected chi connectivity index (χ0v) is 51.6. The van der Waals surface area contributed by atoms with Crippen molar-refractivity contribution < 1.29 is 49.3 Å². The number of rotatable bonds is 55. The van der Waals surface area contributed by atoms with E-state index in [1.54, 1.807) is 6.08 Å². The van der Waals surface area contributed by atoms with Gasteiger partial charge < -0.3 is 45.1 Å². The predicted molar refractivity (Wildman–Crippen MR) is 338 cm³/mol. The van der Waals surface area contributed by atoms with Crippen molar-refractivity contribution in [3.05, 3.63) is 97.2 Å². The van der Waals surface area contributed by atoms with Gasteiger partial charge in [0.15, 0.2) is 12.4 Å². The van der Waals surface area contributed by atoms with Crippen molar-refractivity contribution in [2.45, 2.75) is 320 Å². The number of allylic oxidation sites excluding steroid dienone is 15. The minimum absolute atomic E-state index is 0.110. The fourth-order valence-electron chi connectivity index (χ4n) is 9.81. The molecular weight excluding hydrogens is 1010 g/mol. The molecule has 11 nitrogen and oxygen atoms in total. The van der Waals surface area contributed by atoms with Crippen LogP contribution in [0.15, 0.2) is 97.2 Å². The highest BCUT2D eigenvalue weighted by molar-refractivity contribution is 5.80. The number of carbonyl (C=O) groups excluding carboxylic acids is 2. The van der Waals surface area contributed by atoms with E-state index < -0.39 is 67.4 Å². The molecule has 0 aromatic heterocycles. The SMILES string of the molecule is CC/C=C/C=C/C=C/CCCCCCCCC(O)C(=O)NC(COC1OC(CO)C(O)C(O)C1OC(=O)CCCCCCCCCCC/C=C\C/C=C\C/C=C\C/C=C\CCCCC)C(O)/C=C/CCCCCCCCCCCCC. The molecule has 0 spiro atoms. The molecule has 81 heavy (non-hydrogen) atoms. The minimum Gasteiger partial charge on any atom is -0.454 e. The van der Waals surface area contributed by atoms with E-state index in [0.29, 0.717) is 12.8 Å². The molecular formula is C70H121NO10. The van der Waals surface area contributed by atoms with Crippen molar-refractivity contribution in [3.8, 4) is 0 Å². The van der Waals surface area contributed by atoms with Crippen LogP contribution < -0.4 is 5.32 Å². The van der Waals surface area contributed by atoms with Gasteiger partial charge in [-0.25, -0.2) is 0 Å². The van der Waals surface area contributed by atoms with Crippen LogP contribution >= 0.6 is 0 Å². The number of nitrogens with one attached hydrogen (secondary N) is 1. The van der Waals surface area contributed by atoms with Crippen LogP contribution in [-0.2, 0) is 23.8 Å². The summed E-state index contributed by atoms with van der Waals surface area (Å²) in [6, 6.07) is -1.04. The number of carbonyl (C=O) groups is 2. The van der Waals surface area contributed by atoms with Crippen LogP contribution in [0.3, 0.4) is 0 Å². The molecule has 1 aliphatic heterocycles. The molecule has 11 heteroatoms. The Bertz CT molecular complexity index is 1690. The number of unbranched alkanes of at least 4 members (excludes halogenated alkanes) is 29. The maximum Gasteiger partial charge on any atom is 0.306 e. The monoisotopic (exact) mass is 1140 g/mol. The lowest BCUT2D eigenvalue weighted by atomic mass is 9.99. The molecule has 8 atom stereocenters. The standard InChI is InChI=1S/C70H121NO10/c1-4-7-10-13-16-19-22-25-27-28-29-30-31-32-33-34-35-36-37-40-43-46-49-52-55-58-65(75)81-68-67(77)66(76)64(59-72)80-70(68)79-60-61(62(73)56-53-50-47-44-41-38-24-21-18-15-12-9-6-3)71-69(78)63(74)57-54-51-48-45-42-39-26-23-20-17-14-11-8-5-2/h8,11,14,16-17,19-20,23,25,27,29-30,32-33,53,56,61-64,66-68,70,72-74,76-77H,4-7,9-10,12-13,15,18,21-22,24,26,28,31,34-52,54-55,57-60H2,1-3H3,(H,71,78)/b11-8+,17-14+,19-16-,23-20+,27-25-,30-29-,33-32-,56-53+. The van der Waals surface area contributed by atoms with Gasteiger partial charge in [0.05, 0.1) is 25.4 Å². The summed E-state index contributed by atoms with van der Waals surface area (Å²) in [6.45, 7) is 5.63. The zero-order valence-electron chi connectivity index (χ0n) is 51.6. The average molecular weight is 1140 g/mol. The van der Waals surface area contributed by atoms with Crippen molar-refractivity contribution in [3.63, 3.8) is 0 Å². The summed E-state index contributed by atoms with van der Waals surface area (Å²) in [6.07, 6.45) is 65.8. The predicted octanol–water partition coefficient (Wildman–Crippen LogP) is 16.3. The van der Waals surface area contributed by atoms with Gasteiger partial charge in [-0.3, -0.25) is 9.59 Å². The number of amides is 1. The number of hydrogen-bond donors (Lipinski definition) is 6.